The Hall–Kier alpha value is -8.38. The van der Waals surface area contributed by atoms with Gasteiger partial charge in [-0.3, -0.25) is 30.3 Å². The van der Waals surface area contributed by atoms with Gasteiger partial charge in [-0.1, -0.05) is 60.1 Å². The topological polar surface area (TPSA) is 194 Å². The first-order chi connectivity index (χ1) is 36.4. The van der Waals surface area contributed by atoms with Crippen molar-refractivity contribution in [3.8, 4) is 17.2 Å². The van der Waals surface area contributed by atoms with Gasteiger partial charge in [0.05, 0.1) is 33.2 Å². The van der Waals surface area contributed by atoms with Crippen LogP contribution < -0.4 is 30.2 Å². The minimum atomic E-state index is -1.22. The Balaban J connectivity index is 1.18. The van der Waals surface area contributed by atoms with E-state index in [2.05, 4.69) is 16.0 Å². The molecule has 0 unspecified atom stereocenters. The molecule has 0 saturated carbocycles. The van der Waals surface area contributed by atoms with Gasteiger partial charge in [-0.25, -0.2) is 27.6 Å². The molecule has 0 saturated heterocycles. The van der Waals surface area contributed by atoms with Gasteiger partial charge >= 0.3 is 18.3 Å². The Labute approximate surface area is 448 Å². The molecule has 0 aliphatic carbocycles. The van der Waals surface area contributed by atoms with E-state index < -0.39 is 70.5 Å². The zero-order valence-corrected chi connectivity index (χ0v) is 44.2. The number of carbonyl (C=O) groups is 6. The minimum Gasteiger partial charge on any atom is -0.489 e. The Bertz CT molecular complexity index is 3190. The lowest BCUT2D eigenvalue weighted by molar-refractivity contribution is 0.0481. The van der Waals surface area contributed by atoms with Crippen molar-refractivity contribution in [2.24, 2.45) is 0 Å². The molecule has 404 valence electrons. The number of nitrogens with one attached hydrogen (secondary N) is 3. The highest BCUT2D eigenvalue weighted by Crippen LogP contribution is 2.33. The van der Waals surface area contributed by atoms with Crippen molar-refractivity contribution in [2.45, 2.75) is 105 Å². The van der Waals surface area contributed by atoms with Gasteiger partial charge in [0, 0.05) is 35.1 Å². The molecule has 6 rings (SSSR count). The van der Waals surface area contributed by atoms with Gasteiger partial charge in [-0.2, -0.15) is 0 Å². The van der Waals surface area contributed by atoms with Crippen LogP contribution in [0.3, 0.4) is 0 Å². The van der Waals surface area contributed by atoms with Crippen molar-refractivity contribution in [3.05, 3.63) is 176 Å². The molecule has 0 aliphatic rings. The van der Waals surface area contributed by atoms with Crippen LogP contribution in [0.1, 0.15) is 113 Å². The summed E-state index contributed by atoms with van der Waals surface area (Å²) in [5.41, 5.74) is 0.445. The summed E-state index contributed by atoms with van der Waals surface area (Å²) in [7, 11) is 0. The number of rotatable bonds is 21. The first kappa shape index (κ1) is 57.9. The van der Waals surface area contributed by atoms with Crippen LogP contribution in [-0.4, -0.2) is 53.9 Å². The summed E-state index contributed by atoms with van der Waals surface area (Å²) in [5, 5.41) is 8.00. The number of ether oxygens (including phenoxy) is 6. The zero-order valence-electron chi connectivity index (χ0n) is 43.5. The van der Waals surface area contributed by atoms with Gasteiger partial charge in [-0.15, -0.1) is 0 Å². The number of para-hydroxylation sites is 1. The second kappa shape index (κ2) is 25.0. The number of aldehydes is 3. The van der Waals surface area contributed by atoms with Crippen molar-refractivity contribution in [3.63, 3.8) is 0 Å². The Morgan fingerprint density at radius 1 is 0.532 bits per heavy atom. The van der Waals surface area contributed by atoms with Gasteiger partial charge in [0.25, 0.3) is 0 Å². The largest absolute Gasteiger partial charge is 0.489 e. The van der Waals surface area contributed by atoms with Crippen LogP contribution >= 0.6 is 11.6 Å². The molecule has 77 heavy (non-hydrogen) atoms. The fraction of sp³-hybridized carbons (Fsp3) is 0.276. The highest BCUT2D eigenvalue weighted by molar-refractivity contribution is 6.34. The number of hydrogen-bond donors (Lipinski definition) is 3. The maximum atomic E-state index is 15.2. The normalized spacial score (nSPS) is 11.4. The van der Waals surface area contributed by atoms with E-state index in [1.54, 1.807) is 134 Å². The molecule has 6 aromatic carbocycles. The lowest BCUT2D eigenvalue weighted by Gasteiger charge is -2.27. The van der Waals surface area contributed by atoms with Gasteiger partial charge in [0.2, 0.25) is 0 Å². The maximum Gasteiger partial charge on any atom is 0.412 e. The van der Waals surface area contributed by atoms with Crippen LogP contribution in [0.5, 0.6) is 17.2 Å². The molecule has 6 aromatic rings. The number of carbonyl (C=O) groups excluding carboxylic acids is 6. The molecule has 0 atom stereocenters. The lowest BCUT2D eigenvalue weighted by atomic mass is 9.96. The van der Waals surface area contributed by atoms with Crippen LogP contribution in [0.2, 0.25) is 5.02 Å². The monoisotopic (exact) mass is 1080 g/mol. The third-order valence-electron chi connectivity index (χ3n) is 11.4. The Morgan fingerprint density at radius 2 is 1.01 bits per heavy atom. The molecule has 0 aliphatic heterocycles. The summed E-state index contributed by atoms with van der Waals surface area (Å²) >= 11 is 6.18. The van der Waals surface area contributed by atoms with E-state index in [4.69, 9.17) is 40.0 Å². The van der Waals surface area contributed by atoms with E-state index in [1.807, 2.05) is 0 Å². The number of benzene rings is 6. The van der Waals surface area contributed by atoms with Crippen LogP contribution in [0.4, 0.5) is 44.6 Å². The molecule has 3 N–H and O–H groups in total. The SMILES string of the molecule is Cc1ccc(OCc2cc(CC(C)(C)OC(=O)Nc3ccc(CC(C)(C)OC(=O)Nc4ccccc4COc4ccc(F)c(C=O)c4Cl)cc3COc3ccc(F)c(C=O)c3F)ccc2NC(=O)OC(C)(C)C)cc1C=O. The van der Waals surface area contributed by atoms with Crippen molar-refractivity contribution < 1.29 is 70.4 Å². The predicted molar refractivity (Wildman–Crippen MR) is 283 cm³/mol. The molecule has 0 bridgehead atoms. The number of halogens is 4. The molecule has 0 spiro atoms. The van der Waals surface area contributed by atoms with E-state index in [1.165, 1.54) is 6.07 Å². The van der Waals surface area contributed by atoms with Crippen LogP contribution in [0.25, 0.3) is 0 Å². The second-order valence-electron chi connectivity index (χ2n) is 20.0. The zero-order chi connectivity index (χ0) is 56.2. The third kappa shape index (κ3) is 16.3. The van der Waals surface area contributed by atoms with E-state index in [0.29, 0.717) is 44.9 Å². The van der Waals surface area contributed by atoms with Gasteiger partial charge in [0.15, 0.2) is 24.1 Å². The standard InChI is InChI=1S/C58H57ClF3N3O12/c1-34-13-16-41(25-38(34)28-66)72-32-39-23-35(14-19-47(39)64-53(69)75-56(2,3)4)26-58(7,8)77-55(71)65-48-20-15-36(24-40(48)33-74-50-22-18-45(61)43(30-68)52(50)62)27-57(5,6)76-54(70)63-46-12-10-9-11-37(46)31-73-49-21-17-44(60)42(29-67)51(49)59/h9-25,28-30H,26-27,31-33H2,1-8H3,(H,63,70)(H,64,69)(H,65,71). The maximum absolute atomic E-state index is 15.2. The van der Waals surface area contributed by atoms with E-state index in [-0.39, 0.29) is 66.2 Å². The number of hydrogen-bond acceptors (Lipinski definition) is 12. The molecule has 15 nitrogen and oxygen atoms in total. The van der Waals surface area contributed by atoms with E-state index in [9.17, 15) is 37.5 Å². The molecule has 3 amide bonds. The molecule has 0 heterocycles. The highest BCUT2D eigenvalue weighted by atomic mass is 35.5. The summed E-state index contributed by atoms with van der Waals surface area (Å²) in [6.45, 7) is 13.2. The van der Waals surface area contributed by atoms with Gasteiger partial charge < -0.3 is 28.4 Å². The summed E-state index contributed by atoms with van der Waals surface area (Å²) in [6.07, 6.45) is -1.07. The summed E-state index contributed by atoms with van der Waals surface area (Å²) in [4.78, 5) is 74.5. The van der Waals surface area contributed by atoms with Gasteiger partial charge in [-0.05, 0) is 127 Å². The average molecular weight is 1080 g/mol. The first-order valence-electron chi connectivity index (χ1n) is 24.0. The predicted octanol–water partition coefficient (Wildman–Crippen LogP) is 13.7. The van der Waals surface area contributed by atoms with Gasteiger partial charge in [0.1, 0.15) is 66.0 Å². The average Bonchev–Trinajstić information content (AvgIpc) is 3.34. The summed E-state index contributed by atoms with van der Waals surface area (Å²) < 4.78 is 78.4. The Morgan fingerprint density at radius 3 is 1.56 bits per heavy atom. The van der Waals surface area contributed by atoms with E-state index in [0.717, 1.165) is 30.0 Å². The second-order valence-corrected chi connectivity index (χ2v) is 20.3. The summed E-state index contributed by atoms with van der Waals surface area (Å²) in [6, 6.07) is 26.0. The van der Waals surface area contributed by atoms with Crippen LogP contribution in [0, 0.1) is 24.4 Å². The van der Waals surface area contributed by atoms with Crippen molar-refractivity contribution in [1.29, 1.82) is 0 Å². The fourth-order valence-electron chi connectivity index (χ4n) is 7.85. The quantitative estimate of drug-likeness (QED) is 0.0457. The number of anilines is 3. The third-order valence-corrected chi connectivity index (χ3v) is 11.8. The Kier molecular flexibility index (Phi) is 18.8. The fourth-order valence-corrected chi connectivity index (χ4v) is 8.10. The number of aryl methyl sites for hydroxylation is 1. The molecular weight excluding hydrogens is 1020 g/mol. The minimum absolute atomic E-state index is 0.0221. The summed E-state index contributed by atoms with van der Waals surface area (Å²) in [5.74, 6) is -3.07. The first-order valence-corrected chi connectivity index (χ1v) is 24.4. The molecule has 0 aromatic heterocycles. The lowest BCUT2D eigenvalue weighted by Crippen LogP contribution is -2.33. The van der Waals surface area contributed by atoms with E-state index >= 15 is 4.39 Å². The van der Waals surface area contributed by atoms with Crippen molar-refractivity contribution in [2.75, 3.05) is 16.0 Å². The highest BCUT2D eigenvalue weighted by Gasteiger charge is 2.28. The number of amides is 3. The molecule has 0 fully saturated rings. The van der Waals surface area contributed by atoms with Crippen LogP contribution in [0.15, 0.2) is 103 Å². The van der Waals surface area contributed by atoms with Crippen LogP contribution in [-0.2, 0) is 46.9 Å². The van der Waals surface area contributed by atoms with Crippen molar-refractivity contribution in [1.82, 2.24) is 0 Å². The molecule has 0 radical (unpaired) electrons. The molecular formula is C58H57ClF3N3O12. The van der Waals surface area contributed by atoms with Crippen molar-refractivity contribution >= 4 is 65.8 Å². The smallest absolute Gasteiger partial charge is 0.412 e. The molecule has 19 heteroatoms.